The third-order valence-corrected chi connectivity index (χ3v) is 5.07. The van der Waals surface area contributed by atoms with E-state index < -0.39 is 0 Å². The van der Waals surface area contributed by atoms with Crippen LogP contribution in [-0.4, -0.2) is 46.1 Å². The predicted molar refractivity (Wildman–Crippen MR) is 111 cm³/mol. The molecule has 1 aromatic heterocycles. The minimum atomic E-state index is 0. The molecule has 1 atom stereocenters. The van der Waals surface area contributed by atoms with Crippen LogP contribution in [0.25, 0.3) is 0 Å². The van der Waals surface area contributed by atoms with Gasteiger partial charge in [-0.25, -0.2) is 0 Å². The van der Waals surface area contributed by atoms with E-state index in [1.54, 1.807) is 0 Å². The quantitative estimate of drug-likeness (QED) is 0.703. The molecule has 0 aliphatic carbocycles. The van der Waals surface area contributed by atoms with Crippen LogP contribution in [-0.2, 0) is 13.1 Å². The van der Waals surface area contributed by atoms with Crippen LogP contribution in [0, 0.1) is 0 Å². The molecule has 1 aliphatic heterocycles. The van der Waals surface area contributed by atoms with E-state index in [4.69, 9.17) is 10.3 Å². The molecule has 2 heterocycles. The maximum Gasteiger partial charge on any atom is 0.240 e. The summed E-state index contributed by atoms with van der Waals surface area (Å²) in [5.41, 5.74) is 6.90. The zero-order valence-corrected chi connectivity index (χ0v) is 18.0. The number of hydrogen-bond donors (Lipinski definition) is 1. The Kier molecular flexibility index (Phi) is 10.1. The Morgan fingerprint density at radius 3 is 2.35 bits per heavy atom. The number of aromatic nitrogens is 2. The van der Waals surface area contributed by atoms with Crippen LogP contribution in [0.15, 0.2) is 33.3 Å². The number of halogens is 3. The standard InChI is InChI=1S/C17H24BrN5O.2ClH/c1-2-15(13-3-5-14(18)6-4-13)23-9-7-22(8-10-23)12-16-20-17(11-19)24-21-16;;/h3-6,15H,2,7-12,19H2,1H3;2*1H. The number of nitrogens with zero attached hydrogens (tertiary/aromatic N) is 4. The molecular weight excluding hydrogens is 441 g/mol. The lowest BCUT2D eigenvalue weighted by molar-refractivity contribution is 0.0876. The van der Waals surface area contributed by atoms with E-state index in [1.807, 2.05) is 0 Å². The molecule has 0 amide bonds. The maximum atomic E-state index is 5.51. The average Bonchev–Trinajstić information content (AvgIpc) is 3.06. The molecule has 1 fully saturated rings. The van der Waals surface area contributed by atoms with E-state index in [1.165, 1.54) is 5.56 Å². The molecule has 9 heteroatoms. The molecule has 3 rings (SSSR count). The fraction of sp³-hybridized carbons (Fsp3) is 0.529. The van der Waals surface area contributed by atoms with Gasteiger partial charge >= 0.3 is 0 Å². The summed E-state index contributed by atoms with van der Waals surface area (Å²) in [6, 6.07) is 9.17. The zero-order valence-electron chi connectivity index (χ0n) is 14.8. The second kappa shape index (κ2) is 11.2. The first-order chi connectivity index (χ1) is 11.7. The normalized spacial score (nSPS) is 16.6. The van der Waals surface area contributed by atoms with E-state index in [9.17, 15) is 0 Å². The lowest BCUT2D eigenvalue weighted by Gasteiger charge is -2.39. The van der Waals surface area contributed by atoms with Gasteiger partial charge in [0.2, 0.25) is 5.89 Å². The Hall–Kier alpha value is -0.700. The van der Waals surface area contributed by atoms with Crippen molar-refractivity contribution >= 4 is 40.7 Å². The minimum absolute atomic E-state index is 0. The summed E-state index contributed by atoms with van der Waals surface area (Å²) in [5.74, 6) is 1.23. The lowest BCUT2D eigenvalue weighted by atomic mass is 10.0. The molecule has 0 radical (unpaired) electrons. The highest BCUT2D eigenvalue weighted by Crippen LogP contribution is 2.26. The van der Waals surface area contributed by atoms with Gasteiger partial charge in [-0.2, -0.15) is 4.98 Å². The summed E-state index contributed by atoms with van der Waals surface area (Å²) < 4.78 is 6.20. The van der Waals surface area contributed by atoms with Gasteiger partial charge in [0, 0.05) is 36.7 Å². The zero-order chi connectivity index (χ0) is 16.9. The van der Waals surface area contributed by atoms with E-state index in [-0.39, 0.29) is 24.8 Å². The van der Waals surface area contributed by atoms with Crippen molar-refractivity contribution in [3.05, 3.63) is 46.0 Å². The Labute approximate surface area is 175 Å². The van der Waals surface area contributed by atoms with Crippen LogP contribution in [0.1, 0.15) is 36.7 Å². The number of rotatable bonds is 6. The van der Waals surface area contributed by atoms with Crippen molar-refractivity contribution in [2.45, 2.75) is 32.5 Å². The Morgan fingerprint density at radius 2 is 1.81 bits per heavy atom. The first-order valence-corrected chi connectivity index (χ1v) is 9.22. The van der Waals surface area contributed by atoms with Crippen molar-refractivity contribution in [1.82, 2.24) is 19.9 Å². The SMILES string of the molecule is CCC(c1ccc(Br)cc1)N1CCN(Cc2noc(CN)n2)CC1.Cl.Cl. The molecule has 0 spiro atoms. The maximum absolute atomic E-state index is 5.51. The first-order valence-electron chi connectivity index (χ1n) is 8.43. The third-order valence-electron chi connectivity index (χ3n) is 4.54. The molecule has 1 unspecified atom stereocenters. The second-order valence-electron chi connectivity index (χ2n) is 6.10. The Balaban J connectivity index is 0.00000169. The summed E-state index contributed by atoms with van der Waals surface area (Å²) in [6.45, 7) is 7.41. The summed E-state index contributed by atoms with van der Waals surface area (Å²) in [4.78, 5) is 9.23. The summed E-state index contributed by atoms with van der Waals surface area (Å²) in [7, 11) is 0. The Morgan fingerprint density at radius 1 is 1.15 bits per heavy atom. The van der Waals surface area contributed by atoms with Crippen molar-refractivity contribution < 1.29 is 4.52 Å². The van der Waals surface area contributed by atoms with Gasteiger partial charge in [-0.05, 0) is 24.1 Å². The van der Waals surface area contributed by atoms with Gasteiger partial charge in [0.25, 0.3) is 0 Å². The fourth-order valence-electron chi connectivity index (χ4n) is 3.26. The van der Waals surface area contributed by atoms with Gasteiger partial charge in [-0.3, -0.25) is 9.80 Å². The highest BCUT2D eigenvalue weighted by atomic mass is 79.9. The van der Waals surface area contributed by atoms with E-state index in [2.05, 4.69) is 67.1 Å². The molecule has 0 bridgehead atoms. The van der Waals surface area contributed by atoms with Crippen molar-refractivity contribution in [2.75, 3.05) is 26.2 Å². The monoisotopic (exact) mass is 465 g/mol. The molecule has 6 nitrogen and oxygen atoms in total. The van der Waals surface area contributed by atoms with Crippen LogP contribution >= 0.6 is 40.7 Å². The first kappa shape index (κ1) is 23.3. The van der Waals surface area contributed by atoms with E-state index >= 15 is 0 Å². The fourth-order valence-corrected chi connectivity index (χ4v) is 3.52. The number of benzene rings is 1. The third kappa shape index (κ3) is 5.90. The number of piperazine rings is 1. The van der Waals surface area contributed by atoms with Crippen LogP contribution in [0.4, 0.5) is 0 Å². The molecule has 1 aromatic carbocycles. The van der Waals surface area contributed by atoms with Gasteiger partial charge < -0.3 is 10.3 Å². The second-order valence-corrected chi connectivity index (χ2v) is 7.01. The smallest absolute Gasteiger partial charge is 0.240 e. The predicted octanol–water partition coefficient (Wildman–Crippen LogP) is 3.40. The van der Waals surface area contributed by atoms with Gasteiger partial charge in [0.1, 0.15) is 0 Å². The molecule has 146 valence electrons. The topological polar surface area (TPSA) is 71.4 Å². The summed E-state index contributed by atoms with van der Waals surface area (Å²) in [6.07, 6.45) is 1.12. The molecule has 1 saturated heterocycles. The van der Waals surface area contributed by atoms with E-state index in [0.717, 1.165) is 49.4 Å². The molecule has 1 aliphatic rings. The van der Waals surface area contributed by atoms with Crippen LogP contribution in [0.3, 0.4) is 0 Å². The average molecular weight is 467 g/mol. The summed E-state index contributed by atoms with van der Waals surface area (Å²) >= 11 is 3.51. The van der Waals surface area contributed by atoms with Crippen LogP contribution in [0.2, 0.25) is 0 Å². The highest BCUT2D eigenvalue weighted by Gasteiger charge is 2.24. The summed E-state index contributed by atoms with van der Waals surface area (Å²) in [5, 5.41) is 3.98. The van der Waals surface area contributed by atoms with Crippen LogP contribution < -0.4 is 5.73 Å². The number of nitrogens with two attached hydrogens (primary N) is 1. The molecule has 26 heavy (non-hydrogen) atoms. The Bertz CT molecular complexity index is 647. The number of hydrogen-bond acceptors (Lipinski definition) is 6. The van der Waals surface area contributed by atoms with Crippen molar-refractivity contribution in [2.24, 2.45) is 5.73 Å². The lowest BCUT2D eigenvalue weighted by Crippen LogP contribution is -2.47. The molecule has 2 N–H and O–H groups in total. The largest absolute Gasteiger partial charge is 0.338 e. The van der Waals surface area contributed by atoms with Gasteiger partial charge in [0.05, 0.1) is 13.1 Å². The van der Waals surface area contributed by atoms with Crippen molar-refractivity contribution in [3.8, 4) is 0 Å². The van der Waals surface area contributed by atoms with Gasteiger partial charge in [-0.1, -0.05) is 40.1 Å². The van der Waals surface area contributed by atoms with Gasteiger partial charge in [0.15, 0.2) is 5.82 Å². The van der Waals surface area contributed by atoms with Crippen molar-refractivity contribution in [1.29, 1.82) is 0 Å². The van der Waals surface area contributed by atoms with E-state index in [0.29, 0.717) is 18.5 Å². The van der Waals surface area contributed by atoms with Crippen molar-refractivity contribution in [3.63, 3.8) is 0 Å². The highest BCUT2D eigenvalue weighted by molar-refractivity contribution is 9.10. The van der Waals surface area contributed by atoms with Crippen LogP contribution in [0.5, 0.6) is 0 Å². The molecular formula is C17H26BrCl2N5O. The molecule has 0 saturated carbocycles. The minimum Gasteiger partial charge on any atom is -0.338 e. The molecule has 2 aromatic rings. The van der Waals surface area contributed by atoms with Gasteiger partial charge in [-0.15, -0.1) is 24.8 Å².